The zero-order valence-electron chi connectivity index (χ0n) is 17.1. The van der Waals surface area contributed by atoms with Crippen molar-refractivity contribution in [3.05, 3.63) is 78.0 Å². The van der Waals surface area contributed by atoms with Crippen LogP contribution in [0.2, 0.25) is 0 Å². The van der Waals surface area contributed by atoms with Crippen LogP contribution in [-0.2, 0) is 6.54 Å². The standard InChI is InChI=1S/C23H22N6O2/c1-2-14-29(21-9-5-8-20(24-21)23(30)31)15-16-10-12-17(13-11-16)18-6-3-4-7-19(18)22-25-27-28-26-22/h3-13H,2,14-15H2,1H3,(H,30,31)(H,25,26,27,28). The van der Waals surface area contributed by atoms with Crippen molar-refractivity contribution in [1.29, 1.82) is 0 Å². The van der Waals surface area contributed by atoms with Gasteiger partial charge in [0, 0.05) is 18.7 Å². The summed E-state index contributed by atoms with van der Waals surface area (Å²) in [6.07, 6.45) is 0.926. The molecule has 8 nitrogen and oxygen atoms in total. The van der Waals surface area contributed by atoms with E-state index in [0.29, 0.717) is 18.2 Å². The molecule has 0 saturated carbocycles. The van der Waals surface area contributed by atoms with E-state index in [4.69, 9.17) is 0 Å². The van der Waals surface area contributed by atoms with Crippen LogP contribution >= 0.6 is 0 Å². The normalized spacial score (nSPS) is 10.7. The first-order chi connectivity index (χ1) is 15.2. The van der Waals surface area contributed by atoms with Crippen LogP contribution in [0.1, 0.15) is 29.4 Å². The van der Waals surface area contributed by atoms with Crippen molar-refractivity contribution in [3.63, 3.8) is 0 Å². The van der Waals surface area contributed by atoms with Crippen molar-refractivity contribution in [2.75, 3.05) is 11.4 Å². The molecule has 0 amide bonds. The van der Waals surface area contributed by atoms with Crippen LogP contribution in [0, 0.1) is 0 Å². The number of H-pyrrole nitrogens is 1. The van der Waals surface area contributed by atoms with E-state index >= 15 is 0 Å². The quantitative estimate of drug-likeness (QED) is 0.448. The minimum atomic E-state index is -1.02. The van der Waals surface area contributed by atoms with Crippen LogP contribution in [0.4, 0.5) is 5.82 Å². The Bertz CT molecular complexity index is 1160. The van der Waals surface area contributed by atoms with Gasteiger partial charge in [-0.1, -0.05) is 61.5 Å². The van der Waals surface area contributed by atoms with Crippen LogP contribution in [-0.4, -0.2) is 43.2 Å². The summed E-state index contributed by atoms with van der Waals surface area (Å²) in [7, 11) is 0. The van der Waals surface area contributed by atoms with Crippen molar-refractivity contribution in [1.82, 2.24) is 25.6 Å². The molecule has 2 aromatic carbocycles. The second-order valence-corrected chi connectivity index (χ2v) is 7.10. The van der Waals surface area contributed by atoms with Crippen LogP contribution < -0.4 is 4.90 Å². The molecule has 2 aromatic heterocycles. The number of carboxylic acid groups (broad SMARTS) is 1. The number of pyridine rings is 1. The lowest BCUT2D eigenvalue weighted by atomic mass is 9.98. The Hall–Kier alpha value is -4.07. The van der Waals surface area contributed by atoms with Crippen LogP contribution in [0.25, 0.3) is 22.5 Å². The fourth-order valence-corrected chi connectivity index (χ4v) is 3.49. The molecule has 31 heavy (non-hydrogen) atoms. The summed E-state index contributed by atoms with van der Waals surface area (Å²) < 4.78 is 0. The van der Waals surface area contributed by atoms with Crippen molar-refractivity contribution in [2.45, 2.75) is 19.9 Å². The van der Waals surface area contributed by atoms with E-state index in [1.54, 1.807) is 6.07 Å². The van der Waals surface area contributed by atoms with Gasteiger partial charge in [-0.25, -0.2) is 14.9 Å². The molecular weight excluding hydrogens is 392 g/mol. The van der Waals surface area contributed by atoms with E-state index in [9.17, 15) is 9.90 Å². The van der Waals surface area contributed by atoms with Gasteiger partial charge in [0.05, 0.1) is 0 Å². The van der Waals surface area contributed by atoms with E-state index in [0.717, 1.165) is 35.2 Å². The molecule has 0 saturated heterocycles. The molecule has 0 aliphatic carbocycles. The summed E-state index contributed by atoms with van der Waals surface area (Å²) in [5.41, 5.74) is 4.19. The molecule has 2 heterocycles. The van der Waals surface area contributed by atoms with Gasteiger partial charge in [0.1, 0.15) is 5.82 Å². The van der Waals surface area contributed by atoms with Gasteiger partial charge in [-0.2, -0.15) is 0 Å². The summed E-state index contributed by atoms with van der Waals surface area (Å²) in [5.74, 6) is 0.260. The fourth-order valence-electron chi connectivity index (χ4n) is 3.49. The summed E-state index contributed by atoms with van der Waals surface area (Å²) in [6, 6.07) is 21.3. The highest BCUT2D eigenvalue weighted by molar-refractivity contribution is 5.85. The Morgan fingerprint density at radius 2 is 1.77 bits per heavy atom. The highest BCUT2D eigenvalue weighted by Crippen LogP contribution is 2.30. The largest absolute Gasteiger partial charge is 0.477 e. The number of benzene rings is 2. The molecule has 0 aliphatic rings. The second kappa shape index (κ2) is 9.17. The Labute approximate surface area is 179 Å². The first-order valence-electron chi connectivity index (χ1n) is 10.0. The molecule has 0 fully saturated rings. The zero-order valence-corrected chi connectivity index (χ0v) is 17.1. The van der Waals surface area contributed by atoms with Gasteiger partial charge in [-0.05, 0) is 45.7 Å². The van der Waals surface area contributed by atoms with Gasteiger partial charge < -0.3 is 10.0 Å². The smallest absolute Gasteiger partial charge is 0.354 e. The van der Waals surface area contributed by atoms with Crippen LogP contribution in [0.3, 0.4) is 0 Å². The van der Waals surface area contributed by atoms with Gasteiger partial charge in [0.2, 0.25) is 0 Å². The number of aromatic amines is 1. The van der Waals surface area contributed by atoms with Gasteiger partial charge in [-0.15, -0.1) is 5.10 Å². The monoisotopic (exact) mass is 414 g/mol. The predicted octanol–water partition coefficient (Wildman–Crippen LogP) is 4.04. The number of carboxylic acids is 1. The number of rotatable bonds is 8. The van der Waals surface area contributed by atoms with E-state index in [1.165, 1.54) is 6.07 Å². The predicted molar refractivity (Wildman–Crippen MR) is 118 cm³/mol. The van der Waals surface area contributed by atoms with Crippen molar-refractivity contribution < 1.29 is 9.90 Å². The molecular formula is C23H22N6O2. The zero-order chi connectivity index (χ0) is 21.6. The van der Waals surface area contributed by atoms with Gasteiger partial charge >= 0.3 is 5.97 Å². The maximum absolute atomic E-state index is 11.3. The highest BCUT2D eigenvalue weighted by atomic mass is 16.4. The van der Waals surface area contributed by atoms with Crippen molar-refractivity contribution >= 4 is 11.8 Å². The number of carbonyl (C=O) groups is 1. The number of nitrogens with zero attached hydrogens (tertiary/aromatic N) is 5. The Balaban J connectivity index is 1.58. The molecule has 4 rings (SSSR count). The SMILES string of the molecule is CCCN(Cc1ccc(-c2ccccc2-c2nnn[nH]2)cc1)c1cccc(C(=O)O)n1. The van der Waals surface area contributed by atoms with Gasteiger partial charge in [-0.3, -0.25) is 0 Å². The number of hydrogen-bond acceptors (Lipinski definition) is 6. The molecule has 0 unspecified atom stereocenters. The molecule has 156 valence electrons. The minimum absolute atomic E-state index is 0.0486. The maximum atomic E-state index is 11.3. The summed E-state index contributed by atoms with van der Waals surface area (Å²) in [5, 5.41) is 23.4. The third-order valence-corrected chi connectivity index (χ3v) is 4.94. The Morgan fingerprint density at radius 1 is 1.00 bits per heavy atom. The lowest BCUT2D eigenvalue weighted by molar-refractivity contribution is 0.0690. The van der Waals surface area contributed by atoms with E-state index in [2.05, 4.69) is 61.7 Å². The maximum Gasteiger partial charge on any atom is 0.354 e. The Morgan fingerprint density at radius 3 is 2.45 bits per heavy atom. The van der Waals surface area contributed by atoms with Crippen LogP contribution in [0.5, 0.6) is 0 Å². The molecule has 0 spiro atoms. The second-order valence-electron chi connectivity index (χ2n) is 7.10. The first-order valence-corrected chi connectivity index (χ1v) is 10.0. The molecule has 0 radical (unpaired) electrons. The molecule has 0 bridgehead atoms. The average Bonchev–Trinajstić information content (AvgIpc) is 3.34. The first kappa shape index (κ1) is 20.2. The Kier molecular flexibility index (Phi) is 5.98. The molecule has 4 aromatic rings. The number of anilines is 1. The number of aromatic carboxylic acids is 1. The van der Waals surface area contributed by atoms with Crippen molar-refractivity contribution in [2.24, 2.45) is 0 Å². The summed E-state index contributed by atoms with van der Waals surface area (Å²) >= 11 is 0. The third kappa shape index (κ3) is 4.58. The lowest BCUT2D eigenvalue weighted by Gasteiger charge is -2.23. The number of hydrogen-bond donors (Lipinski definition) is 2. The number of aromatic nitrogens is 5. The van der Waals surface area contributed by atoms with E-state index in [-0.39, 0.29) is 5.69 Å². The van der Waals surface area contributed by atoms with E-state index < -0.39 is 5.97 Å². The molecule has 0 atom stereocenters. The molecule has 0 aliphatic heterocycles. The van der Waals surface area contributed by atoms with Gasteiger partial charge in [0.15, 0.2) is 11.5 Å². The minimum Gasteiger partial charge on any atom is -0.477 e. The van der Waals surface area contributed by atoms with Crippen LogP contribution in [0.15, 0.2) is 66.7 Å². The highest BCUT2D eigenvalue weighted by Gasteiger charge is 2.13. The number of tetrazole rings is 1. The lowest BCUT2D eigenvalue weighted by Crippen LogP contribution is -2.25. The summed E-state index contributed by atoms with van der Waals surface area (Å²) in [4.78, 5) is 17.7. The van der Waals surface area contributed by atoms with Crippen molar-refractivity contribution in [3.8, 4) is 22.5 Å². The van der Waals surface area contributed by atoms with E-state index in [1.807, 2.05) is 30.3 Å². The van der Waals surface area contributed by atoms with Gasteiger partial charge in [0.25, 0.3) is 0 Å². The fraction of sp³-hybridized carbons (Fsp3) is 0.174. The topological polar surface area (TPSA) is 108 Å². The molecule has 2 N–H and O–H groups in total. The molecule has 8 heteroatoms. The summed E-state index contributed by atoms with van der Waals surface area (Å²) in [6.45, 7) is 3.50. The number of nitrogens with one attached hydrogen (secondary N) is 1. The third-order valence-electron chi connectivity index (χ3n) is 4.94. The average molecular weight is 414 g/mol.